The van der Waals surface area contributed by atoms with Crippen molar-refractivity contribution in [2.24, 2.45) is 13.0 Å². The van der Waals surface area contributed by atoms with Crippen molar-refractivity contribution >= 4 is 5.82 Å². The molecule has 2 aliphatic rings. The lowest BCUT2D eigenvalue weighted by Gasteiger charge is -2.19. The average molecular weight is 402 g/mol. The van der Waals surface area contributed by atoms with E-state index < -0.39 is 0 Å². The molecule has 0 spiro atoms. The van der Waals surface area contributed by atoms with Gasteiger partial charge in [0.05, 0.1) is 23.1 Å². The number of ether oxygens (including phenoxy) is 2. The van der Waals surface area contributed by atoms with Gasteiger partial charge in [0.25, 0.3) is 5.88 Å². The Balaban J connectivity index is 1.68. The maximum atomic E-state index is 9.71. The minimum atomic E-state index is -0.339. The van der Waals surface area contributed by atoms with Crippen LogP contribution in [0, 0.1) is 24.2 Å². The monoisotopic (exact) mass is 402 g/mol. The van der Waals surface area contributed by atoms with Crippen LogP contribution in [0.5, 0.6) is 11.6 Å². The molecule has 1 aliphatic heterocycles. The summed E-state index contributed by atoms with van der Waals surface area (Å²) in [5, 5.41) is 14.3. The summed E-state index contributed by atoms with van der Waals surface area (Å²) in [5.74, 6) is 1.57. The fraction of sp³-hybridized carbons (Fsp3) is 0.364. The molecule has 0 saturated heterocycles. The molecular formula is C22H22N6O2. The Morgan fingerprint density at radius 3 is 2.93 bits per heavy atom. The van der Waals surface area contributed by atoms with Gasteiger partial charge in [-0.3, -0.25) is 4.68 Å². The number of nitrogens with zero attached hydrogens (tertiary/aromatic N) is 5. The van der Waals surface area contributed by atoms with Gasteiger partial charge in [0, 0.05) is 18.5 Å². The third-order valence-corrected chi connectivity index (χ3v) is 5.73. The van der Waals surface area contributed by atoms with E-state index in [1.807, 2.05) is 26.0 Å². The van der Waals surface area contributed by atoms with Gasteiger partial charge in [0.2, 0.25) is 0 Å². The Morgan fingerprint density at radius 2 is 2.13 bits per heavy atom. The highest BCUT2D eigenvalue weighted by Crippen LogP contribution is 2.42. The molecule has 3 atom stereocenters. The lowest BCUT2D eigenvalue weighted by Crippen LogP contribution is -2.11. The van der Waals surface area contributed by atoms with Crippen molar-refractivity contribution in [2.75, 3.05) is 5.73 Å². The number of nitrogens with two attached hydrogens (primary N) is 1. The number of anilines is 1. The van der Waals surface area contributed by atoms with Crippen LogP contribution in [0.1, 0.15) is 42.0 Å². The number of aromatic nitrogens is 4. The van der Waals surface area contributed by atoms with Gasteiger partial charge >= 0.3 is 0 Å². The number of hydrogen-bond acceptors (Lipinski definition) is 7. The number of hydrogen-bond donors (Lipinski definition) is 1. The number of rotatable bonds is 0. The normalized spacial score (nSPS) is 21.9. The Kier molecular flexibility index (Phi) is 4.13. The van der Waals surface area contributed by atoms with E-state index in [9.17, 15) is 5.26 Å². The fourth-order valence-electron chi connectivity index (χ4n) is 4.02. The van der Waals surface area contributed by atoms with Crippen LogP contribution in [0.25, 0.3) is 11.3 Å². The topological polar surface area (TPSA) is 112 Å². The van der Waals surface area contributed by atoms with E-state index in [4.69, 9.17) is 15.2 Å². The molecule has 2 N–H and O–H groups in total. The highest BCUT2D eigenvalue weighted by Gasteiger charge is 2.42. The quantitative estimate of drug-likeness (QED) is 0.615. The van der Waals surface area contributed by atoms with Crippen molar-refractivity contribution in [3.63, 3.8) is 0 Å². The molecular weight excluding hydrogens is 380 g/mol. The molecule has 30 heavy (non-hydrogen) atoms. The standard InChI is InChI=1S/C22H22N6O2/c1-11-4-5-18-14(6-11)12(2)29-22-21(24)25-10-16(26-22)20-15(7-13-8-19(13)30-18)27-28(3)17(20)9-23/h4-6,10,12-13,19H,7-8H2,1-3H3,(H2,24,25)/t12-,13?,19?/m1/s1. The molecule has 0 radical (unpaired) electrons. The average Bonchev–Trinajstić information content (AvgIpc) is 3.36. The smallest absolute Gasteiger partial charge is 0.258 e. The van der Waals surface area contributed by atoms with E-state index in [0.29, 0.717) is 29.3 Å². The molecule has 0 amide bonds. The summed E-state index contributed by atoms with van der Waals surface area (Å²) in [6.07, 6.45) is 2.99. The maximum Gasteiger partial charge on any atom is 0.258 e. The summed E-state index contributed by atoms with van der Waals surface area (Å²) in [5.41, 5.74) is 10.6. The second kappa shape index (κ2) is 6.73. The van der Waals surface area contributed by atoms with Crippen molar-refractivity contribution in [1.82, 2.24) is 19.7 Å². The van der Waals surface area contributed by atoms with Gasteiger partial charge in [-0.1, -0.05) is 11.6 Å². The molecule has 2 bridgehead atoms. The van der Waals surface area contributed by atoms with Crippen LogP contribution < -0.4 is 15.2 Å². The SMILES string of the molecule is Cc1ccc2c(c1)[C@@H](C)Oc1nc(cnc1N)-c1c(nn(C)c1C#N)CC1CC1O2. The van der Waals surface area contributed by atoms with Crippen molar-refractivity contribution in [3.05, 3.63) is 46.9 Å². The first kappa shape index (κ1) is 18.4. The van der Waals surface area contributed by atoms with Crippen LogP contribution in [0.15, 0.2) is 24.4 Å². The summed E-state index contributed by atoms with van der Waals surface area (Å²) < 4.78 is 14.1. The van der Waals surface area contributed by atoms with Crippen molar-refractivity contribution < 1.29 is 9.47 Å². The predicted molar refractivity (Wildman–Crippen MR) is 110 cm³/mol. The second-order valence-electron chi connectivity index (χ2n) is 8.01. The van der Waals surface area contributed by atoms with Crippen LogP contribution in [0.2, 0.25) is 0 Å². The van der Waals surface area contributed by atoms with E-state index in [0.717, 1.165) is 29.0 Å². The number of fused-ring (bicyclic) bond motifs is 6. The van der Waals surface area contributed by atoms with Gasteiger partial charge in [-0.05, 0) is 38.8 Å². The first-order valence-electron chi connectivity index (χ1n) is 9.97. The van der Waals surface area contributed by atoms with Crippen molar-refractivity contribution in [3.8, 4) is 29.0 Å². The van der Waals surface area contributed by atoms with E-state index in [-0.39, 0.29) is 23.9 Å². The zero-order valence-electron chi connectivity index (χ0n) is 17.1. The number of aryl methyl sites for hydroxylation is 2. The lowest BCUT2D eigenvalue weighted by molar-refractivity contribution is 0.206. The van der Waals surface area contributed by atoms with Crippen LogP contribution in [0.3, 0.4) is 0 Å². The second-order valence-corrected chi connectivity index (χ2v) is 8.01. The number of nitriles is 1. The molecule has 2 unspecified atom stereocenters. The van der Waals surface area contributed by atoms with Crippen molar-refractivity contribution in [2.45, 2.75) is 38.9 Å². The summed E-state index contributed by atoms with van der Waals surface area (Å²) in [6, 6.07) is 8.33. The largest absolute Gasteiger partial charge is 0.490 e. The summed E-state index contributed by atoms with van der Waals surface area (Å²) >= 11 is 0. The molecule has 1 aliphatic carbocycles. The number of nitrogen functional groups attached to an aromatic ring is 1. The van der Waals surface area contributed by atoms with Crippen LogP contribution in [-0.2, 0) is 13.5 Å². The third kappa shape index (κ3) is 3.03. The minimum Gasteiger partial charge on any atom is -0.490 e. The molecule has 1 fully saturated rings. The zero-order valence-corrected chi connectivity index (χ0v) is 17.1. The molecule has 3 aromatic rings. The Hall–Kier alpha value is -3.60. The zero-order chi connectivity index (χ0) is 21.0. The van der Waals surface area contributed by atoms with Crippen LogP contribution in [0.4, 0.5) is 5.82 Å². The third-order valence-electron chi connectivity index (χ3n) is 5.73. The molecule has 152 valence electrons. The van der Waals surface area contributed by atoms with E-state index >= 15 is 0 Å². The molecule has 1 aromatic carbocycles. The van der Waals surface area contributed by atoms with Crippen LogP contribution in [-0.4, -0.2) is 25.9 Å². The minimum absolute atomic E-state index is 0.110. The summed E-state index contributed by atoms with van der Waals surface area (Å²) in [6.45, 7) is 3.98. The summed E-state index contributed by atoms with van der Waals surface area (Å²) in [4.78, 5) is 8.91. The van der Waals surface area contributed by atoms with Gasteiger partial charge in [-0.2, -0.15) is 10.4 Å². The predicted octanol–water partition coefficient (Wildman–Crippen LogP) is 3.10. The van der Waals surface area contributed by atoms with Gasteiger partial charge in [0.15, 0.2) is 5.82 Å². The number of benzene rings is 1. The molecule has 1 saturated carbocycles. The van der Waals surface area contributed by atoms with Crippen molar-refractivity contribution in [1.29, 1.82) is 5.26 Å². The highest BCUT2D eigenvalue weighted by molar-refractivity contribution is 5.69. The maximum absolute atomic E-state index is 9.71. The van der Waals surface area contributed by atoms with Gasteiger partial charge in [-0.15, -0.1) is 0 Å². The molecule has 2 aromatic heterocycles. The lowest BCUT2D eigenvalue weighted by atomic mass is 10.1. The van der Waals surface area contributed by atoms with Gasteiger partial charge < -0.3 is 15.2 Å². The van der Waals surface area contributed by atoms with Gasteiger partial charge in [-0.25, -0.2) is 9.97 Å². The Morgan fingerprint density at radius 1 is 1.30 bits per heavy atom. The molecule has 3 heterocycles. The molecule has 5 rings (SSSR count). The first-order valence-corrected chi connectivity index (χ1v) is 9.97. The van der Waals surface area contributed by atoms with Crippen LogP contribution >= 0.6 is 0 Å². The van der Waals surface area contributed by atoms with E-state index in [1.54, 1.807) is 17.9 Å². The first-order chi connectivity index (χ1) is 14.4. The highest BCUT2D eigenvalue weighted by atomic mass is 16.5. The summed E-state index contributed by atoms with van der Waals surface area (Å²) in [7, 11) is 1.76. The Bertz CT molecular complexity index is 1200. The van der Waals surface area contributed by atoms with E-state index in [1.165, 1.54) is 0 Å². The van der Waals surface area contributed by atoms with E-state index in [2.05, 4.69) is 27.2 Å². The Labute approximate surface area is 174 Å². The molecule has 8 nitrogen and oxygen atoms in total. The fourth-order valence-corrected chi connectivity index (χ4v) is 4.02. The molecule has 8 heteroatoms. The van der Waals surface area contributed by atoms with Gasteiger partial charge in [0.1, 0.15) is 29.7 Å².